The van der Waals surface area contributed by atoms with Gasteiger partial charge in [0.1, 0.15) is 22.3 Å². The highest BCUT2D eigenvalue weighted by Gasteiger charge is 2.46. The number of hydrogen-bond acceptors (Lipinski definition) is 3. The Bertz CT molecular complexity index is 3910. The van der Waals surface area contributed by atoms with Gasteiger partial charge in [0.15, 0.2) is 0 Å². The largest absolute Gasteiger partial charge is 0.456 e. The van der Waals surface area contributed by atoms with Crippen LogP contribution >= 0.6 is 0 Å². The third-order valence-corrected chi connectivity index (χ3v) is 14.9. The molecule has 2 aliphatic carbocycles. The van der Waals surface area contributed by atoms with Crippen molar-refractivity contribution in [2.75, 3.05) is 4.90 Å². The number of hydrogen-bond donors (Lipinski definition) is 0. The zero-order chi connectivity index (χ0) is 44.4. The van der Waals surface area contributed by atoms with Crippen molar-refractivity contribution >= 4 is 60.9 Å². The van der Waals surface area contributed by atoms with Gasteiger partial charge in [-0.3, -0.25) is 0 Å². The van der Waals surface area contributed by atoms with E-state index in [2.05, 4.69) is 243 Å². The zero-order valence-corrected chi connectivity index (χ0v) is 37.1. The van der Waals surface area contributed by atoms with Crippen LogP contribution in [0.4, 0.5) is 17.1 Å². The molecule has 3 heteroatoms. The van der Waals surface area contributed by atoms with Gasteiger partial charge in [0.25, 0.3) is 0 Å². The van der Waals surface area contributed by atoms with Crippen LogP contribution in [0.5, 0.6) is 0 Å². The first kappa shape index (κ1) is 37.9. The molecule has 0 fully saturated rings. The first-order valence-corrected chi connectivity index (χ1v) is 23.2. The lowest BCUT2D eigenvalue weighted by Gasteiger charge is -2.35. The third-order valence-electron chi connectivity index (χ3n) is 14.9. The van der Waals surface area contributed by atoms with Crippen LogP contribution in [0, 0.1) is 0 Å². The van der Waals surface area contributed by atoms with E-state index in [4.69, 9.17) is 8.83 Å². The van der Waals surface area contributed by atoms with E-state index in [0.29, 0.717) is 0 Å². The van der Waals surface area contributed by atoms with E-state index < -0.39 is 5.41 Å². The molecule has 0 saturated heterocycles. The van der Waals surface area contributed by atoms with Crippen LogP contribution in [0.2, 0.25) is 0 Å². The van der Waals surface area contributed by atoms with Gasteiger partial charge in [0.05, 0.1) is 5.41 Å². The third kappa shape index (κ3) is 5.40. The minimum absolute atomic E-state index is 0.173. The molecule has 0 spiro atoms. The van der Waals surface area contributed by atoms with Crippen molar-refractivity contribution in [2.45, 2.75) is 24.7 Å². The van der Waals surface area contributed by atoms with Crippen molar-refractivity contribution in [1.29, 1.82) is 0 Å². The summed E-state index contributed by atoms with van der Waals surface area (Å²) in [6.07, 6.45) is 0. The maximum atomic E-state index is 6.72. The van der Waals surface area contributed by atoms with Crippen LogP contribution in [-0.2, 0) is 10.8 Å². The smallest absolute Gasteiger partial charge is 0.136 e. The van der Waals surface area contributed by atoms with Crippen LogP contribution in [0.1, 0.15) is 47.2 Å². The molecule has 10 aromatic carbocycles. The molecule has 0 radical (unpaired) electrons. The Morgan fingerprint density at radius 1 is 0.313 bits per heavy atom. The molecule has 0 bridgehead atoms. The average Bonchev–Trinajstić information content (AvgIpc) is 4.08. The van der Waals surface area contributed by atoms with Crippen molar-refractivity contribution in [3.63, 3.8) is 0 Å². The van der Waals surface area contributed by atoms with Gasteiger partial charge in [-0.05, 0) is 133 Å². The van der Waals surface area contributed by atoms with Crippen molar-refractivity contribution < 1.29 is 8.83 Å². The summed E-state index contributed by atoms with van der Waals surface area (Å²) in [7, 11) is 0. The van der Waals surface area contributed by atoms with E-state index in [1.54, 1.807) is 0 Å². The molecule has 3 nitrogen and oxygen atoms in total. The molecular formula is C64H43NO2. The Morgan fingerprint density at radius 2 is 0.761 bits per heavy atom. The lowest BCUT2D eigenvalue weighted by Crippen LogP contribution is -2.28. The lowest BCUT2D eigenvalue weighted by atomic mass is 9.67. The number of benzene rings is 10. The van der Waals surface area contributed by atoms with Gasteiger partial charge in [-0.25, -0.2) is 0 Å². The topological polar surface area (TPSA) is 29.5 Å². The van der Waals surface area contributed by atoms with Gasteiger partial charge in [-0.15, -0.1) is 0 Å². The lowest BCUT2D eigenvalue weighted by molar-refractivity contribution is 0.660. The molecule has 0 saturated carbocycles. The van der Waals surface area contributed by atoms with Gasteiger partial charge in [0.2, 0.25) is 0 Å². The summed E-state index contributed by atoms with van der Waals surface area (Å²) in [5, 5.41) is 4.18. The first-order chi connectivity index (χ1) is 32.9. The van der Waals surface area contributed by atoms with Gasteiger partial charge < -0.3 is 13.7 Å². The second kappa shape index (κ2) is 14.1. The number of rotatable bonds is 6. The normalized spacial score (nSPS) is 14.1. The number of anilines is 3. The van der Waals surface area contributed by atoms with E-state index in [1.165, 1.54) is 61.2 Å². The van der Waals surface area contributed by atoms with Gasteiger partial charge in [-0.2, -0.15) is 0 Å². The Hall–Kier alpha value is -8.40. The second-order valence-electron chi connectivity index (χ2n) is 18.8. The molecule has 0 atom stereocenters. The zero-order valence-electron chi connectivity index (χ0n) is 37.1. The molecule has 14 rings (SSSR count). The molecule has 12 aromatic rings. The van der Waals surface area contributed by atoms with Gasteiger partial charge in [0, 0.05) is 44.0 Å². The Kier molecular flexibility index (Phi) is 7.95. The van der Waals surface area contributed by atoms with E-state index in [9.17, 15) is 0 Å². The Morgan fingerprint density at radius 3 is 1.40 bits per heavy atom. The summed E-state index contributed by atoms with van der Waals surface area (Å²) in [5.74, 6) is 0. The molecule has 2 heterocycles. The Labute approximate surface area is 388 Å². The summed E-state index contributed by atoms with van der Waals surface area (Å²) < 4.78 is 13.3. The molecule has 0 amide bonds. The maximum Gasteiger partial charge on any atom is 0.136 e. The SMILES string of the molecule is CC1(C)c2ccccc2-c2ccc(N(c3ccc4c(c3)C(c3ccccc3)(c3ccccc3)c3ccccc3-4)c3ccc4oc5cc6c(cc5c4c3)oc3ccc(-c4ccccc4)cc36)cc21. The summed E-state index contributed by atoms with van der Waals surface area (Å²) in [6.45, 7) is 4.72. The summed E-state index contributed by atoms with van der Waals surface area (Å²) >= 11 is 0. The van der Waals surface area contributed by atoms with Gasteiger partial charge >= 0.3 is 0 Å². The molecule has 2 aliphatic rings. The number of furan rings is 2. The number of nitrogens with zero attached hydrogens (tertiary/aromatic N) is 1. The average molecular weight is 858 g/mol. The first-order valence-electron chi connectivity index (χ1n) is 23.2. The van der Waals surface area contributed by atoms with E-state index in [0.717, 1.165) is 66.5 Å². The fourth-order valence-corrected chi connectivity index (χ4v) is 11.8. The van der Waals surface area contributed by atoms with Crippen molar-refractivity contribution in [3.8, 4) is 33.4 Å². The molecule has 0 unspecified atom stereocenters. The summed E-state index contributed by atoms with van der Waals surface area (Å²) in [5.41, 5.74) is 21.1. The van der Waals surface area contributed by atoms with Crippen molar-refractivity contribution in [1.82, 2.24) is 0 Å². The molecule has 0 aliphatic heterocycles. The highest BCUT2D eigenvalue weighted by molar-refractivity contribution is 6.16. The molecule has 2 aromatic heterocycles. The molecule has 316 valence electrons. The van der Waals surface area contributed by atoms with E-state index in [-0.39, 0.29) is 5.41 Å². The highest BCUT2D eigenvalue weighted by Crippen LogP contribution is 2.58. The van der Waals surface area contributed by atoms with Gasteiger partial charge in [-0.1, -0.05) is 172 Å². The quantitative estimate of drug-likeness (QED) is 0.167. The fourth-order valence-electron chi connectivity index (χ4n) is 11.8. The van der Waals surface area contributed by atoms with Crippen LogP contribution in [-0.4, -0.2) is 0 Å². The van der Waals surface area contributed by atoms with E-state index in [1.807, 2.05) is 0 Å². The molecule has 67 heavy (non-hydrogen) atoms. The minimum atomic E-state index is -0.539. The summed E-state index contributed by atoms with van der Waals surface area (Å²) in [6, 6.07) is 82.1. The van der Waals surface area contributed by atoms with E-state index >= 15 is 0 Å². The van der Waals surface area contributed by atoms with Crippen LogP contribution in [0.15, 0.2) is 233 Å². The Balaban J connectivity index is 0.994. The summed E-state index contributed by atoms with van der Waals surface area (Å²) in [4.78, 5) is 2.45. The second-order valence-corrected chi connectivity index (χ2v) is 18.8. The standard InChI is InChI=1S/C64H43NO2/c1-63(2)55-24-14-12-22-47(55)49-30-27-45(36-57(49)63)65(46-28-31-50-48-23-13-15-25-56(48)64(58(50)37-46,42-18-8-4-9-19-42)43-20-10-5-11-21-43)44-29-33-60-52(35-44)54-39-61-53(38-62(54)67-60)51-34-41(26-32-59(51)66-61)40-16-6-3-7-17-40/h3-39H,1-2H3. The fraction of sp³-hybridized carbons (Fsp3) is 0.0625. The predicted octanol–water partition coefficient (Wildman–Crippen LogP) is 17.3. The van der Waals surface area contributed by atoms with Crippen molar-refractivity contribution in [2.24, 2.45) is 0 Å². The maximum absolute atomic E-state index is 6.72. The van der Waals surface area contributed by atoms with Crippen LogP contribution in [0.3, 0.4) is 0 Å². The van der Waals surface area contributed by atoms with Crippen molar-refractivity contribution in [3.05, 3.63) is 258 Å². The molecular weight excluding hydrogens is 815 g/mol. The minimum Gasteiger partial charge on any atom is -0.456 e. The number of fused-ring (bicyclic) bond motifs is 12. The predicted molar refractivity (Wildman–Crippen MR) is 276 cm³/mol. The molecule has 0 N–H and O–H groups in total. The highest BCUT2D eigenvalue weighted by atomic mass is 16.3. The van der Waals surface area contributed by atoms with Crippen LogP contribution in [0.25, 0.3) is 77.3 Å². The van der Waals surface area contributed by atoms with Crippen LogP contribution < -0.4 is 4.90 Å². The monoisotopic (exact) mass is 857 g/mol.